The number of benzene rings is 1. The molecule has 0 bridgehead atoms. The maximum absolute atomic E-state index is 11.9. The third-order valence-corrected chi connectivity index (χ3v) is 2.64. The number of aromatic amines is 1. The average Bonchev–Trinajstić information content (AvgIpc) is 2.90. The highest BCUT2D eigenvalue weighted by Crippen LogP contribution is 2.19. The Morgan fingerprint density at radius 2 is 2.26 bits per heavy atom. The molecular weight excluding hydrogens is 244 g/mol. The number of nitrogens with zero attached hydrogens (tertiary/aromatic N) is 2. The number of rotatable bonds is 5. The van der Waals surface area contributed by atoms with Crippen LogP contribution in [0.25, 0.3) is 0 Å². The van der Waals surface area contributed by atoms with E-state index in [1.165, 1.54) is 4.90 Å². The predicted molar refractivity (Wildman–Crippen MR) is 71.4 cm³/mol. The van der Waals surface area contributed by atoms with Gasteiger partial charge in [0, 0.05) is 19.4 Å². The van der Waals surface area contributed by atoms with E-state index in [9.17, 15) is 4.79 Å². The molecule has 100 valence electrons. The van der Waals surface area contributed by atoms with E-state index < -0.39 is 0 Å². The Kier molecular flexibility index (Phi) is 4.02. The molecule has 1 aromatic carbocycles. The zero-order chi connectivity index (χ0) is 13.7. The Labute approximate surface area is 111 Å². The van der Waals surface area contributed by atoms with Crippen LogP contribution in [0.5, 0.6) is 5.75 Å². The van der Waals surface area contributed by atoms with Crippen molar-refractivity contribution >= 4 is 11.6 Å². The Morgan fingerprint density at radius 1 is 1.47 bits per heavy atom. The summed E-state index contributed by atoms with van der Waals surface area (Å²) in [6.07, 6.45) is 3.36. The van der Waals surface area contributed by atoms with Crippen LogP contribution in [0.3, 0.4) is 0 Å². The molecule has 6 nitrogen and oxygen atoms in total. The van der Waals surface area contributed by atoms with Gasteiger partial charge in [-0.3, -0.25) is 4.79 Å². The number of nitrogens with two attached hydrogens (primary N) is 1. The maximum atomic E-state index is 11.9. The lowest BCUT2D eigenvalue weighted by molar-refractivity contribution is -0.132. The lowest BCUT2D eigenvalue weighted by atomic mass is 10.3. The van der Waals surface area contributed by atoms with E-state index in [-0.39, 0.29) is 12.5 Å². The first kappa shape index (κ1) is 12.9. The molecule has 0 unspecified atom stereocenters. The summed E-state index contributed by atoms with van der Waals surface area (Å²) in [6, 6.07) is 7.08. The zero-order valence-electron chi connectivity index (χ0n) is 10.7. The molecule has 2 aromatic rings. The smallest absolute Gasteiger partial charge is 0.260 e. The van der Waals surface area contributed by atoms with Gasteiger partial charge in [0.15, 0.2) is 6.61 Å². The third kappa shape index (κ3) is 3.48. The molecule has 0 aliphatic rings. The summed E-state index contributed by atoms with van der Waals surface area (Å²) in [5.41, 5.74) is 6.25. The number of aromatic nitrogens is 2. The van der Waals surface area contributed by atoms with Gasteiger partial charge in [-0.15, -0.1) is 0 Å². The zero-order valence-corrected chi connectivity index (χ0v) is 10.7. The molecule has 0 radical (unpaired) electrons. The monoisotopic (exact) mass is 260 g/mol. The molecule has 3 N–H and O–H groups in total. The van der Waals surface area contributed by atoms with Crippen molar-refractivity contribution in [3.05, 3.63) is 42.5 Å². The van der Waals surface area contributed by atoms with E-state index in [1.807, 2.05) is 12.1 Å². The first-order valence-electron chi connectivity index (χ1n) is 5.86. The minimum Gasteiger partial charge on any atom is -0.482 e. The van der Waals surface area contributed by atoms with Crippen molar-refractivity contribution in [3.63, 3.8) is 0 Å². The SMILES string of the molecule is CN(Cc1ncc[nH]1)C(=O)COc1ccccc1N. The highest BCUT2D eigenvalue weighted by atomic mass is 16.5. The molecule has 0 spiro atoms. The van der Waals surface area contributed by atoms with Crippen molar-refractivity contribution in [3.8, 4) is 5.75 Å². The molecule has 2 rings (SSSR count). The molecule has 0 aliphatic heterocycles. The quantitative estimate of drug-likeness (QED) is 0.786. The van der Waals surface area contributed by atoms with E-state index in [0.29, 0.717) is 18.0 Å². The van der Waals surface area contributed by atoms with Crippen molar-refractivity contribution in [2.24, 2.45) is 0 Å². The van der Waals surface area contributed by atoms with Crippen molar-refractivity contribution in [1.29, 1.82) is 0 Å². The molecular formula is C13H16N4O2. The highest BCUT2D eigenvalue weighted by Gasteiger charge is 2.11. The van der Waals surface area contributed by atoms with Gasteiger partial charge in [0.05, 0.1) is 12.2 Å². The van der Waals surface area contributed by atoms with Crippen molar-refractivity contribution < 1.29 is 9.53 Å². The summed E-state index contributed by atoms with van der Waals surface area (Å²) in [4.78, 5) is 20.4. The summed E-state index contributed by atoms with van der Waals surface area (Å²) >= 11 is 0. The van der Waals surface area contributed by atoms with Gasteiger partial charge in [0.25, 0.3) is 5.91 Å². The fourth-order valence-corrected chi connectivity index (χ4v) is 1.56. The number of carbonyl (C=O) groups is 1. The first-order valence-corrected chi connectivity index (χ1v) is 5.86. The minimum absolute atomic E-state index is 0.0502. The Bertz CT molecular complexity index is 539. The van der Waals surface area contributed by atoms with Gasteiger partial charge in [-0.1, -0.05) is 12.1 Å². The molecule has 6 heteroatoms. The maximum Gasteiger partial charge on any atom is 0.260 e. The molecule has 1 aromatic heterocycles. The van der Waals surface area contributed by atoms with Crippen LogP contribution in [0.2, 0.25) is 0 Å². The highest BCUT2D eigenvalue weighted by molar-refractivity contribution is 5.77. The predicted octanol–water partition coefficient (Wildman–Crippen LogP) is 1.03. The molecule has 19 heavy (non-hydrogen) atoms. The van der Waals surface area contributed by atoms with Crippen LogP contribution in [-0.4, -0.2) is 34.4 Å². The third-order valence-electron chi connectivity index (χ3n) is 2.64. The standard InChI is InChI=1S/C13H16N4O2/c1-17(8-12-15-6-7-16-12)13(18)9-19-11-5-3-2-4-10(11)14/h2-7H,8-9,14H2,1H3,(H,15,16). The van der Waals surface area contributed by atoms with Gasteiger partial charge in [-0.25, -0.2) is 4.98 Å². The van der Waals surface area contributed by atoms with Crippen molar-refractivity contribution in [2.45, 2.75) is 6.54 Å². The summed E-state index contributed by atoms with van der Waals surface area (Å²) in [5, 5.41) is 0. The fourth-order valence-electron chi connectivity index (χ4n) is 1.56. The summed E-state index contributed by atoms with van der Waals surface area (Å²) < 4.78 is 5.39. The lowest BCUT2D eigenvalue weighted by Gasteiger charge is -2.16. The van der Waals surface area contributed by atoms with Gasteiger partial charge >= 0.3 is 0 Å². The molecule has 0 fully saturated rings. The number of ether oxygens (including phenoxy) is 1. The van der Waals surface area contributed by atoms with Crippen molar-refractivity contribution in [1.82, 2.24) is 14.9 Å². The van der Waals surface area contributed by atoms with Crippen molar-refractivity contribution in [2.75, 3.05) is 19.4 Å². The number of hydrogen-bond acceptors (Lipinski definition) is 4. The van der Waals surface area contributed by atoms with Gasteiger partial charge < -0.3 is 20.4 Å². The van der Waals surface area contributed by atoms with E-state index in [0.717, 1.165) is 5.82 Å². The summed E-state index contributed by atoms with van der Waals surface area (Å²) in [5.74, 6) is 1.11. The van der Waals surface area contributed by atoms with Crippen LogP contribution in [0, 0.1) is 0 Å². The number of H-pyrrole nitrogens is 1. The molecule has 0 saturated heterocycles. The molecule has 0 atom stereocenters. The van der Waals surface area contributed by atoms with Crippen LogP contribution in [0.15, 0.2) is 36.7 Å². The number of carbonyl (C=O) groups excluding carboxylic acids is 1. The number of amides is 1. The van der Waals surface area contributed by atoms with E-state index in [1.54, 1.807) is 31.6 Å². The Balaban J connectivity index is 1.86. The fraction of sp³-hybridized carbons (Fsp3) is 0.231. The van der Waals surface area contributed by atoms with Gasteiger partial charge in [0.2, 0.25) is 0 Å². The van der Waals surface area contributed by atoms with Crippen LogP contribution >= 0.6 is 0 Å². The number of nitrogen functional groups attached to an aromatic ring is 1. The lowest BCUT2D eigenvalue weighted by Crippen LogP contribution is -2.31. The average molecular weight is 260 g/mol. The first-order chi connectivity index (χ1) is 9.16. The van der Waals surface area contributed by atoms with Crippen LogP contribution in [-0.2, 0) is 11.3 Å². The number of nitrogens with one attached hydrogen (secondary N) is 1. The van der Waals surface area contributed by atoms with Gasteiger partial charge in [-0.2, -0.15) is 0 Å². The number of hydrogen-bond donors (Lipinski definition) is 2. The summed E-state index contributed by atoms with van der Waals surface area (Å²) in [6.45, 7) is 0.366. The minimum atomic E-state index is -0.139. The van der Waals surface area contributed by atoms with Crippen LogP contribution < -0.4 is 10.5 Å². The van der Waals surface area contributed by atoms with Gasteiger partial charge in [0.1, 0.15) is 11.6 Å². The molecule has 0 aliphatic carbocycles. The Morgan fingerprint density at radius 3 is 2.95 bits per heavy atom. The normalized spacial score (nSPS) is 10.2. The Hall–Kier alpha value is -2.50. The summed E-state index contributed by atoms with van der Waals surface area (Å²) in [7, 11) is 1.70. The molecule has 1 amide bonds. The second-order valence-electron chi connectivity index (χ2n) is 4.11. The largest absolute Gasteiger partial charge is 0.482 e. The van der Waals surface area contributed by atoms with E-state index in [2.05, 4.69) is 9.97 Å². The van der Waals surface area contributed by atoms with Crippen LogP contribution in [0.4, 0.5) is 5.69 Å². The van der Waals surface area contributed by atoms with E-state index in [4.69, 9.17) is 10.5 Å². The van der Waals surface area contributed by atoms with Gasteiger partial charge in [-0.05, 0) is 12.1 Å². The second-order valence-corrected chi connectivity index (χ2v) is 4.11. The number of para-hydroxylation sites is 2. The van der Waals surface area contributed by atoms with Crippen LogP contribution in [0.1, 0.15) is 5.82 Å². The second kappa shape index (κ2) is 5.90. The number of imidazole rings is 1. The topological polar surface area (TPSA) is 84.2 Å². The number of likely N-dealkylation sites (N-methyl/N-ethyl adjacent to an activating group) is 1. The number of anilines is 1. The molecule has 0 saturated carbocycles. The van der Waals surface area contributed by atoms with E-state index >= 15 is 0 Å². The molecule has 1 heterocycles.